The van der Waals surface area contributed by atoms with Crippen LogP contribution in [-0.4, -0.2) is 71.4 Å². The van der Waals surface area contributed by atoms with Gasteiger partial charge in [-0.25, -0.2) is 4.39 Å². The molecule has 1 saturated carbocycles. The van der Waals surface area contributed by atoms with Crippen LogP contribution in [-0.2, 0) is 0 Å². The van der Waals surface area contributed by atoms with E-state index in [1.165, 1.54) is 12.8 Å². The van der Waals surface area contributed by atoms with Gasteiger partial charge >= 0.3 is 6.01 Å². The highest BCUT2D eigenvalue weighted by Crippen LogP contribution is 2.47. The van der Waals surface area contributed by atoms with Crippen LogP contribution in [0.3, 0.4) is 0 Å². The van der Waals surface area contributed by atoms with Gasteiger partial charge in [0, 0.05) is 59.0 Å². The van der Waals surface area contributed by atoms with Crippen LogP contribution >= 0.6 is 0 Å². The fourth-order valence-electron chi connectivity index (χ4n) is 7.51. The standard InChI is InChI=1S/C35H36FN5O2/c1-2-22-6-5-7-23-16-26(42)17-29(30(22)23)27-10-11-28-32(31(27)36)38-34(39-33(28)41-18-24-8-9-25(19-41)37-24)43-21-35(12-13-35)20-40-14-3-4-15-40/h1,5-7,10-11,16-17,24-25,37,42H,3-4,8-9,12-15,18-21H2. The minimum absolute atomic E-state index is 0.0487. The fraction of sp³-hybridized carbons (Fsp3) is 0.429. The van der Waals surface area contributed by atoms with Crippen molar-refractivity contribution in [2.24, 2.45) is 5.41 Å². The number of phenols is 1. The van der Waals surface area contributed by atoms with Crippen molar-refractivity contribution in [3.63, 3.8) is 0 Å². The second-order valence-corrected chi connectivity index (χ2v) is 13.0. The average molecular weight is 578 g/mol. The molecule has 4 aliphatic rings. The van der Waals surface area contributed by atoms with Crippen molar-refractivity contribution >= 4 is 27.5 Å². The van der Waals surface area contributed by atoms with Crippen molar-refractivity contribution in [2.75, 3.05) is 44.2 Å². The SMILES string of the molecule is C#Cc1cccc2cc(O)cc(-c3ccc4c(N5CC6CCC(C5)N6)nc(OCC5(CN6CCCC6)CC5)nc4c3F)c12. The van der Waals surface area contributed by atoms with Gasteiger partial charge in [-0.3, -0.25) is 0 Å². The number of halogens is 1. The molecule has 1 aromatic heterocycles. The van der Waals surface area contributed by atoms with Crippen molar-refractivity contribution in [2.45, 2.75) is 50.6 Å². The number of aromatic nitrogens is 2. The van der Waals surface area contributed by atoms with Gasteiger partial charge in [-0.05, 0) is 86.8 Å². The van der Waals surface area contributed by atoms with Gasteiger partial charge in [0.25, 0.3) is 0 Å². The highest BCUT2D eigenvalue weighted by atomic mass is 19.1. The van der Waals surface area contributed by atoms with Crippen LogP contribution in [0.15, 0.2) is 42.5 Å². The van der Waals surface area contributed by atoms with Gasteiger partial charge < -0.3 is 25.0 Å². The summed E-state index contributed by atoms with van der Waals surface area (Å²) >= 11 is 0. The van der Waals surface area contributed by atoms with E-state index in [2.05, 4.69) is 21.0 Å². The molecule has 1 aliphatic carbocycles. The Balaban J connectivity index is 1.23. The van der Waals surface area contributed by atoms with Crippen LogP contribution in [0.5, 0.6) is 11.8 Å². The predicted octanol–water partition coefficient (Wildman–Crippen LogP) is 5.47. The van der Waals surface area contributed by atoms with E-state index in [-0.39, 0.29) is 22.7 Å². The number of benzene rings is 3. The molecular weight excluding hydrogens is 541 g/mol. The molecule has 4 fully saturated rings. The Kier molecular flexibility index (Phi) is 6.43. The van der Waals surface area contributed by atoms with Crippen molar-refractivity contribution < 1.29 is 14.2 Å². The minimum Gasteiger partial charge on any atom is -0.508 e. The zero-order valence-corrected chi connectivity index (χ0v) is 24.3. The summed E-state index contributed by atoms with van der Waals surface area (Å²) < 4.78 is 23.1. The first-order chi connectivity index (χ1) is 21.0. The van der Waals surface area contributed by atoms with E-state index in [9.17, 15) is 5.11 Å². The molecule has 220 valence electrons. The summed E-state index contributed by atoms with van der Waals surface area (Å²) in [5.41, 5.74) is 1.86. The smallest absolute Gasteiger partial charge is 0.319 e. The zero-order chi connectivity index (χ0) is 29.1. The normalized spacial score (nSPS) is 22.7. The largest absolute Gasteiger partial charge is 0.508 e. The highest BCUT2D eigenvalue weighted by molar-refractivity contribution is 6.04. The Bertz CT molecular complexity index is 1760. The molecule has 2 atom stereocenters. The maximum Gasteiger partial charge on any atom is 0.319 e. The summed E-state index contributed by atoms with van der Waals surface area (Å²) in [6.45, 7) is 5.51. The van der Waals surface area contributed by atoms with E-state index in [0.29, 0.717) is 40.8 Å². The Morgan fingerprint density at radius 2 is 1.84 bits per heavy atom. The number of rotatable bonds is 7. The molecule has 0 radical (unpaired) electrons. The van der Waals surface area contributed by atoms with Gasteiger partial charge in [0.2, 0.25) is 0 Å². The van der Waals surface area contributed by atoms with Crippen molar-refractivity contribution in [3.05, 3.63) is 53.8 Å². The topological polar surface area (TPSA) is 73.8 Å². The molecule has 2 bridgehead atoms. The number of aromatic hydroxyl groups is 1. The molecule has 7 nitrogen and oxygen atoms in total. The molecule has 8 heteroatoms. The number of phenolic OH excluding ortho intramolecular Hbond substituents is 1. The molecule has 4 heterocycles. The zero-order valence-electron chi connectivity index (χ0n) is 24.3. The molecule has 43 heavy (non-hydrogen) atoms. The van der Waals surface area contributed by atoms with Crippen molar-refractivity contribution in [1.29, 1.82) is 0 Å². The third-order valence-corrected chi connectivity index (χ3v) is 9.91. The Labute approximate surface area is 251 Å². The molecule has 4 aromatic rings. The summed E-state index contributed by atoms with van der Waals surface area (Å²) in [4.78, 5) is 14.5. The summed E-state index contributed by atoms with van der Waals surface area (Å²) in [6, 6.07) is 13.5. The lowest BCUT2D eigenvalue weighted by Gasteiger charge is -2.34. The van der Waals surface area contributed by atoms with E-state index < -0.39 is 5.82 Å². The lowest BCUT2D eigenvalue weighted by Crippen LogP contribution is -2.51. The molecule has 2 unspecified atom stereocenters. The van der Waals surface area contributed by atoms with Gasteiger partial charge in [0.1, 0.15) is 17.1 Å². The van der Waals surface area contributed by atoms with Crippen LogP contribution in [0, 0.1) is 23.6 Å². The second-order valence-electron chi connectivity index (χ2n) is 13.0. The number of hydrogen-bond acceptors (Lipinski definition) is 7. The van der Waals surface area contributed by atoms with Gasteiger partial charge in [0.15, 0.2) is 5.82 Å². The molecule has 0 amide bonds. The van der Waals surface area contributed by atoms with Crippen LogP contribution in [0.1, 0.15) is 44.1 Å². The predicted molar refractivity (Wildman–Crippen MR) is 167 cm³/mol. The van der Waals surface area contributed by atoms with Gasteiger partial charge in [-0.1, -0.05) is 24.1 Å². The molecule has 0 spiro atoms. The van der Waals surface area contributed by atoms with Crippen molar-refractivity contribution in [3.8, 4) is 35.2 Å². The van der Waals surface area contributed by atoms with E-state index in [1.807, 2.05) is 24.3 Å². The van der Waals surface area contributed by atoms with E-state index in [4.69, 9.17) is 21.1 Å². The number of nitrogens with one attached hydrogen (secondary N) is 1. The van der Waals surface area contributed by atoms with Gasteiger partial charge in [-0.15, -0.1) is 6.42 Å². The number of terminal acetylenes is 1. The minimum atomic E-state index is -0.471. The molecule has 2 N–H and O–H groups in total. The van der Waals surface area contributed by atoms with E-state index in [1.54, 1.807) is 18.2 Å². The lowest BCUT2D eigenvalue weighted by atomic mass is 9.93. The maximum atomic E-state index is 16.8. The van der Waals surface area contributed by atoms with E-state index in [0.717, 1.165) is 75.0 Å². The molecule has 3 aromatic carbocycles. The van der Waals surface area contributed by atoms with Crippen LogP contribution < -0.4 is 15.0 Å². The number of ether oxygens (including phenoxy) is 1. The number of hydrogen-bond donors (Lipinski definition) is 2. The monoisotopic (exact) mass is 577 g/mol. The quantitative estimate of drug-likeness (QED) is 0.282. The number of fused-ring (bicyclic) bond motifs is 4. The first kappa shape index (κ1) is 26.7. The van der Waals surface area contributed by atoms with Crippen LogP contribution in [0.4, 0.5) is 10.2 Å². The summed E-state index contributed by atoms with van der Waals surface area (Å²) in [5, 5.41) is 16.4. The van der Waals surface area contributed by atoms with Gasteiger partial charge in [0.05, 0.1) is 6.61 Å². The third kappa shape index (κ3) is 4.85. The first-order valence-corrected chi connectivity index (χ1v) is 15.6. The molecular formula is C35H36FN5O2. The number of piperazine rings is 1. The maximum absolute atomic E-state index is 16.8. The second kappa shape index (κ2) is 10.4. The summed E-state index contributed by atoms with van der Waals surface area (Å²) in [6.07, 6.45) is 12.9. The molecule has 3 aliphatic heterocycles. The summed E-state index contributed by atoms with van der Waals surface area (Å²) in [7, 11) is 0. The van der Waals surface area contributed by atoms with Crippen LogP contribution in [0.25, 0.3) is 32.8 Å². The number of nitrogens with zero attached hydrogens (tertiary/aromatic N) is 4. The third-order valence-electron chi connectivity index (χ3n) is 9.91. The number of anilines is 1. The average Bonchev–Trinajstić information content (AvgIpc) is 3.42. The van der Waals surface area contributed by atoms with Crippen molar-refractivity contribution in [1.82, 2.24) is 20.2 Å². The lowest BCUT2D eigenvalue weighted by molar-refractivity contribution is 0.170. The summed E-state index contributed by atoms with van der Waals surface area (Å²) in [5.74, 6) is 3.03. The molecule has 3 saturated heterocycles. The van der Waals surface area contributed by atoms with E-state index >= 15 is 4.39 Å². The number of likely N-dealkylation sites (tertiary alicyclic amines) is 1. The van der Waals surface area contributed by atoms with Gasteiger partial charge in [-0.2, -0.15) is 9.97 Å². The fourth-order valence-corrected chi connectivity index (χ4v) is 7.51. The Morgan fingerprint density at radius 3 is 2.58 bits per heavy atom. The first-order valence-electron chi connectivity index (χ1n) is 15.6. The molecule has 8 rings (SSSR count). The Hall–Kier alpha value is -3.93. The highest BCUT2D eigenvalue weighted by Gasteiger charge is 2.45. The Morgan fingerprint density at radius 1 is 1.05 bits per heavy atom. The van der Waals surface area contributed by atoms with Crippen LogP contribution in [0.2, 0.25) is 0 Å².